The summed E-state index contributed by atoms with van der Waals surface area (Å²) in [7, 11) is 3.38. The molecule has 1 heterocycles. The van der Waals surface area contributed by atoms with E-state index in [2.05, 4.69) is 9.80 Å². The van der Waals surface area contributed by atoms with Gasteiger partial charge >= 0.3 is 0 Å². The lowest BCUT2D eigenvalue weighted by Gasteiger charge is -2.35. The molecule has 1 aliphatic rings. The monoisotopic (exact) mass is 344 g/mol. The van der Waals surface area contributed by atoms with Crippen molar-refractivity contribution >= 4 is 0 Å². The lowest BCUT2D eigenvalue weighted by Crippen LogP contribution is -2.45. The molecule has 1 saturated heterocycles. The van der Waals surface area contributed by atoms with Crippen molar-refractivity contribution in [1.82, 2.24) is 9.80 Å². The maximum Gasteiger partial charge on any atom is 0.123 e. The molecule has 134 valence electrons. The molecule has 5 heteroatoms. The molecule has 0 N–H and O–H groups in total. The highest BCUT2D eigenvalue weighted by molar-refractivity contribution is 5.40. The van der Waals surface area contributed by atoms with E-state index in [1.165, 1.54) is 12.1 Å². The summed E-state index contributed by atoms with van der Waals surface area (Å²) in [6.07, 6.45) is 0. The predicted octanol–water partition coefficient (Wildman–Crippen LogP) is 3.16. The van der Waals surface area contributed by atoms with E-state index in [0.29, 0.717) is 0 Å². The maximum absolute atomic E-state index is 13.0. The molecule has 0 amide bonds. The molecule has 0 bridgehead atoms. The molecular weight excluding hydrogens is 319 g/mol. The Labute approximate surface area is 148 Å². The fourth-order valence-electron chi connectivity index (χ4n) is 3.20. The Morgan fingerprint density at radius 2 is 1.48 bits per heavy atom. The van der Waals surface area contributed by atoms with Crippen LogP contribution in [0.25, 0.3) is 0 Å². The van der Waals surface area contributed by atoms with Crippen molar-refractivity contribution in [2.75, 3.05) is 40.4 Å². The van der Waals surface area contributed by atoms with Crippen LogP contribution in [-0.2, 0) is 13.1 Å². The minimum atomic E-state index is -0.180. The van der Waals surface area contributed by atoms with Gasteiger partial charge in [-0.15, -0.1) is 0 Å². The second kappa shape index (κ2) is 8.32. The molecule has 2 aromatic rings. The highest BCUT2D eigenvalue weighted by Gasteiger charge is 2.18. The van der Waals surface area contributed by atoms with Gasteiger partial charge in [-0.05, 0) is 35.9 Å². The van der Waals surface area contributed by atoms with Gasteiger partial charge in [0.1, 0.15) is 17.3 Å². The summed E-state index contributed by atoms with van der Waals surface area (Å²) in [5.41, 5.74) is 2.30. The van der Waals surface area contributed by atoms with Gasteiger partial charge in [0.15, 0.2) is 0 Å². The van der Waals surface area contributed by atoms with Crippen LogP contribution in [0.4, 0.5) is 4.39 Å². The van der Waals surface area contributed by atoms with E-state index in [4.69, 9.17) is 9.47 Å². The normalized spacial score (nSPS) is 16.0. The molecule has 4 nitrogen and oxygen atoms in total. The molecule has 0 spiro atoms. The SMILES string of the molecule is COc1ccc(OC)c(CN2CCN(Cc3ccc(F)cc3)CC2)c1. The van der Waals surface area contributed by atoms with Gasteiger partial charge in [0, 0.05) is 44.8 Å². The van der Waals surface area contributed by atoms with Gasteiger partial charge in [0.2, 0.25) is 0 Å². The first-order valence-electron chi connectivity index (χ1n) is 8.58. The van der Waals surface area contributed by atoms with E-state index in [-0.39, 0.29) is 5.82 Å². The number of ether oxygens (including phenoxy) is 2. The Bertz CT molecular complexity index is 683. The Kier molecular flexibility index (Phi) is 5.89. The first-order valence-corrected chi connectivity index (χ1v) is 8.58. The molecule has 0 aliphatic carbocycles. The highest BCUT2D eigenvalue weighted by atomic mass is 19.1. The van der Waals surface area contributed by atoms with Gasteiger partial charge in [-0.3, -0.25) is 9.80 Å². The lowest BCUT2D eigenvalue weighted by atomic mass is 10.1. The number of methoxy groups -OCH3 is 2. The number of nitrogens with zero attached hydrogens (tertiary/aromatic N) is 2. The zero-order valence-electron chi connectivity index (χ0n) is 14.9. The molecule has 0 aromatic heterocycles. The van der Waals surface area contributed by atoms with Crippen LogP contribution in [0.3, 0.4) is 0 Å². The van der Waals surface area contributed by atoms with Gasteiger partial charge in [0.25, 0.3) is 0 Å². The molecule has 0 unspecified atom stereocenters. The van der Waals surface area contributed by atoms with Gasteiger partial charge in [-0.1, -0.05) is 12.1 Å². The van der Waals surface area contributed by atoms with E-state index in [1.807, 2.05) is 30.3 Å². The first kappa shape index (κ1) is 17.7. The number of piperazine rings is 1. The van der Waals surface area contributed by atoms with E-state index < -0.39 is 0 Å². The van der Waals surface area contributed by atoms with Crippen LogP contribution in [0.1, 0.15) is 11.1 Å². The Morgan fingerprint density at radius 1 is 0.840 bits per heavy atom. The van der Waals surface area contributed by atoms with Gasteiger partial charge in [-0.2, -0.15) is 0 Å². The second-order valence-electron chi connectivity index (χ2n) is 6.36. The smallest absolute Gasteiger partial charge is 0.123 e. The van der Waals surface area contributed by atoms with Crippen molar-refractivity contribution in [3.63, 3.8) is 0 Å². The quantitative estimate of drug-likeness (QED) is 0.804. The van der Waals surface area contributed by atoms with Gasteiger partial charge in [0.05, 0.1) is 14.2 Å². The zero-order chi connectivity index (χ0) is 17.6. The molecule has 2 aromatic carbocycles. The van der Waals surface area contributed by atoms with Crippen molar-refractivity contribution in [2.24, 2.45) is 0 Å². The summed E-state index contributed by atoms with van der Waals surface area (Å²) in [6.45, 7) is 5.73. The average molecular weight is 344 g/mol. The van der Waals surface area contributed by atoms with Gasteiger partial charge in [-0.25, -0.2) is 4.39 Å². The van der Waals surface area contributed by atoms with Crippen molar-refractivity contribution in [1.29, 1.82) is 0 Å². The number of hydrogen-bond donors (Lipinski definition) is 0. The fraction of sp³-hybridized carbons (Fsp3) is 0.400. The predicted molar refractivity (Wildman–Crippen MR) is 96.5 cm³/mol. The van der Waals surface area contributed by atoms with Crippen LogP contribution >= 0.6 is 0 Å². The molecule has 0 saturated carbocycles. The number of rotatable bonds is 6. The Balaban J connectivity index is 1.55. The summed E-state index contributed by atoms with van der Waals surface area (Å²) < 4.78 is 23.8. The molecule has 0 atom stereocenters. The van der Waals surface area contributed by atoms with Crippen LogP contribution in [0.5, 0.6) is 11.5 Å². The van der Waals surface area contributed by atoms with Crippen molar-refractivity contribution < 1.29 is 13.9 Å². The molecule has 1 fully saturated rings. The standard InChI is InChI=1S/C20H25FN2O2/c1-24-19-7-8-20(25-2)17(13-19)15-23-11-9-22(10-12-23)14-16-3-5-18(21)6-4-16/h3-8,13H,9-12,14-15H2,1-2H3. The molecule has 1 aliphatic heterocycles. The van der Waals surface area contributed by atoms with E-state index in [9.17, 15) is 4.39 Å². The first-order chi connectivity index (χ1) is 12.2. The Hall–Kier alpha value is -2.11. The van der Waals surface area contributed by atoms with E-state index in [1.54, 1.807) is 14.2 Å². The highest BCUT2D eigenvalue weighted by Crippen LogP contribution is 2.25. The number of hydrogen-bond acceptors (Lipinski definition) is 4. The molecule has 3 rings (SSSR count). The number of benzene rings is 2. The Morgan fingerprint density at radius 3 is 2.08 bits per heavy atom. The van der Waals surface area contributed by atoms with Crippen molar-refractivity contribution in [2.45, 2.75) is 13.1 Å². The minimum absolute atomic E-state index is 0.180. The largest absolute Gasteiger partial charge is 0.497 e. The summed E-state index contributed by atoms with van der Waals surface area (Å²) >= 11 is 0. The van der Waals surface area contributed by atoms with Crippen LogP contribution in [0.15, 0.2) is 42.5 Å². The van der Waals surface area contributed by atoms with Crippen LogP contribution in [0.2, 0.25) is 0 Å². The zero-order valence-corrected chi connectivity index (χ0v) is 14.9. The van der Waals surface area contributed by atoms with E-state index in [0.717, 1.165) is 61.9 Å². The lowest BCUT2D eigenvalue weighted by molar-refractivity contribution is 0.121. The third-order valence-corrected chi connectivity index (χ3v) is 4.67. The summed E-state index contributed by atoms with van der Waals surface area (Å²) in [5, 5.41) is 0. The molecule has 25 heavy (non-hydrogen) atoms. The topological polar surface area (TPSA) is 24.9 Å². The second-order valence-corrected chi connectivity index (χ2v) is 6.36. The average Bonchev–Trinajstić information content (AvgIpc) is 2.65. The third-order valence-electron chi connectivity index (χ3n) is 4.67. The van der Waals surface area contributed by atoms with Gasteiger partial charge < -0.3 is 9.47 Å². The van der Waals surface area contributed by atoms with Crippen LogP contribution < -0.4 is 9.47 Å². The van der Waals surface area contributed by atoms with Crippen molar-refractivity contribution in [3.8, 4) is 11.5 Å². The third kappa shape index (κ3) is 4.71. The summed E-state index contributed by atoms with van der Waals surface area (Å²) in [6, 6.07) is 12.7. The minimum Gasteiger partial charge on any atom is -0.497 e. The van der Waals surface area contributed by atoms with E-state index >= 15 is 0 Å². The summed E-state index contributed by atoms with van der Waals surface area (Å²) in [5.74, 6) is 1.57. The molecule has 0 radical (unpaired) electrons. The fourth-order valence-corrected chi connectivity index (χ4v) is 3.20. The maximum atomic E-state index is 13.0. The molecular formula is C20H25FN2O2. The number of halogens is 1. The van der Waals surface area contributed by atoms with Crippen LogP contribution in [-0.4, -0.2) is 50.2 Å². The summed E-state index contributed by atoms with van der Waals surface area (Å²) in [4.78, 5) is 4.84. The van der Waals surface area contributed by atoms with Crippen molar-refractivity contribution in [3.05, 3.63) is 59.4 Å². The van der Waals surface area contributed by atoms with Crippen LogP contribution in [0, 0.1) is 5.82 Å².